The van der Waals surface area contributed by atoms with Crippen molar-refractivity contribution in [1.29, 1.82) is 0 Å². The molecule has 4 bridgehead atoms. The summed E-state index contributed by atoms with van der Waals surface area (Å²) in [7, 11) is -1.05. The van der Waals surface area contributed by atoms with Gasteiger partial charge in [0.05, 0.1) is 0 Å². The van der Waals surface area contributed by atoms with Gasteiger partial charge in [-0.05, 0) is 43.9 Å². The zero-order chi connectivity index (χ0) is 11.3. The predicted molar refractivity (Wildman–Crippen MR) is 67.4 cm³/mol. The number of carbonyl (C=O) groups is 1. The van der Waals surface area contributed by atoms with Crippen LogP contribution in [-0.4, -0.2) is 23.2 Å². The number of carbonyl (C=O) groups excluding carboxylic acids is 1. The van der Waals surface area contributed by atoms with Crippen LogP contribution in [0.5, 0.6) is 0 Å². The molecule has 3 aliphatic heterocycles. The summed E-state index contributed by atoms with van der Waals surface area (Å²) < 4.78 is 5.86. The second-order valence-electron chi connectivity index (χ2n) is 5.92. The lowest BCUT2D eigenvalue weighted by Gasteiger charge is -2.58. The minimum absolute atomic E-state index is 0.142. The third-order valence-corrected chi connectivity index (χ3v) is 7.96. The van der Waals surface area contributed by atoms with E-state index in [-0.39, 0.29) is 5.97 Å². The monoisotopic (exact) mass is 240 g/mol. The molecule has 16 heavy (non-hydrogen) atoms. The van der Waals surface area contributed by atoms with Crippen LogP contribution in [0, 0.1) is 17.8 Å². The van der Waals surface area contributed by atoms with Crippen molar-refractivity contribution in [3.05, 3.63) is 12.2 Å². The van der Waals surface area contributed by atoms with Gasteiger partial charge in [-0.15, -0.1) is 0 Å². The van der Waals surface area contributed by atoms with Crippen LogP contribution in [0.15, 0.2) is 12.2 Å². The highest BCUT2D eigenvalue weighted by molar-refractivity contribution is 8.30. The molecule has 90 valence electrons. The van der Waals surface area contributed by atoms with E-state index in [0.717, 1.165) is 17.8 Å². The highest BCUT2D eigenvalue weighted by atomic mass is 32.3. The molecule has 0 N–H and O–H groups in total. The summed E-state index contributed by atoms with van der Waals surface area (Å²) in [5.74, 6) is 6.02. The fourth-order valence-corrected chi connectivity index (χ4v) is 8.41. The van der Waals surface area contributed by atoms with E-state index in [1.54, 1.807) is 6.92 Å². The minimum atomic E-state index is -1.05. The van der Waals surface area contributed by atoms with Gasteiger partial charge < -0.3 is 4.18 Å². The number of hydrogen-bond acceptors (Lipinski definition) is 2. The summed E-state index contributed by atoms with van der Waals surface area (Å²) in [6.07, 6.45) is 4.20. The number of hydrogen-bond donors (Lipinski definition) is 0. The first-order valence-electron chi connectivity index (χ1n) is 6.22. The standard InChI is InChI=1S/C13H20O2S/c1-9(2)13(14)15-16-6-10-3-11(7-16)5-12(4-10)8-16/h10-12H,1,3-8H2,2H3. The highest BCUT2D eigenvalue weighted by Gasteiger charge is 2.50. The average Bonchev–Trinajstić information content (AvgIpc) is 2.13. The molecule has 4 rings (SSSR count). The number of rotatable bonds is 2. The normalized spacial score (nSPS) is 48.4. The van der Waals surface area contributed by atoms with Crippen LogP contribution >= 0.6 is 10.3 Å². The maximum atomic E-state index is 11.7. The van der Waals surface area contributed by atoms with Gasteiger partial charge in [0.25, 0.3) is 0 Å². The second kappa shape index (κ2) is 3.52. The van der Waals surface area contributed by atoms with Crippen LogP contribution in [0.1, 0.15) is 26.2 Å². The largest absolute Gasteiger partial charge is 0.412 e. The quantitative estimate of drug-likeness (QED) is 0.694. The molecule has 1 saturated carbocycles. The van der Waals surface area contributed by atoms with Crippen molar-refractivity contribution in [3.8, 4) is 0 Å². The molecule has 1 aliphatic carbocycles. The highest BCUT2D eigenvalue weighted by Crippen LogP contribution is 2.66. The van der Waals surface area contributed by atoms with Crippen molar-refractivity contribution in [3.63, 3.8) is 0 Å². The first kappa shape index (κ1) is 10.7. The molecule has 0 spiro atoms. The Labute approximate surface area is 99.0 Å². The molecule has 2 nitrogen and oxygen atoms in total. The molecular weight excluding hydrogens is 220 g/mol. The Hall–Kier alpha value is -0.440. The van der Waals surface area contributed by atoms with Gasteiger partial charge in [0.1, 0.15) is 0 Å². The van der Waals surface area contributed by atoms with Crippen molar-refractivity contribution in [2.24, 2.45) is 17.8 Å². The van der Waals surface area contributed by atoms with Gasteiger partial charge in [-0.1, -0.05) is 16.9 Å². The second-order valence-corrected chi connectivity index (χ2v) is 9.02. The molecule has 0 radical (unpaired) electrons. The summed E-state index contributed by atoms with van der Waals surface area (Å²) in [6, 6.07) is 0. The van der Waals surface area contributed by atoms with E-state index in [9.17, 15) is 4.79 Å². The molecule has 4 fully saturated rings. The van der Waals surface area contributed by atoms with Crippen LogP contribution in [0.4, 0.5) is 0 Å². The Balaban J connectivity index is 1.78. The molecule has 4 aliphatic rings. The molecule has 0 aromatic carbocycles. The molecule has 0 amide bonds. The molecule has 3 heterocycles. The smallest absolute Gasteiger partial charge is 0.343 e. The molecule has 0 unspecified atom stereocenters. The Morgan fingerprint density at radius 2 is 1.56 bits per heavy atom. The summed E-state index contributed by atoms with van der Waals surface area (Å²) in [4.78, 5) is 11.7. The Bertz CT molecular complexity index is 313. The van der Waals surface area contributed by atoms with Gasteiger partial charge in [-0.2, -0.15) is 0 Å². The van der Waals surface area contributed by atoms with E-state index >= 15 is 0 Å². The van der Waals surface area contributed by atoms with Crippen molar-refractivity contribution >= 4 is 16.3 Å². The summed E-state index contributed by atoms with van der Waals surface area (Å²) >= 11 is 0. The SMILES string of the molecule is C=C(C)C(=O)OS12CC3CC(CC(C3)C1)C2. The summed E-state index contributed by atoms with van der Waals surface area (Å²) in [5, 5.41) is 0. The van der Waals surface area contributed by atoms with Gasteiger partial charge >= 0.3 is 5.97 Å². The molecule has 3 heteroatoms. The van der Waals surface area contributed by atoms with Gasteiger partial charge in [-0.25, -0.2) is 4.79 Å². The predicted octanol–water partition coefficient (Wildman–Crippen LogP) is 2.89. The van der Waals surface area contributed by atoms with Gasteiger partial charge in [0.2, 0.25) is 0 Å². The third kappa shape index (κ3) is 1.69. The van der Waals surface area contributed by atoms with Crippen molar-refractivity contribution in [2.45, 2.75) is 26.2 Å². The average molecular weight is 240 g/mol. The molecule has 0 aromatic rings. The van der Waals surface area contributed by atoms with E-state index < -0.39 is 10.3 Å². The third-order valence-electron chi connectivity index (χ3n) is 4.22. The first-order valence-corrected chi connectivity index (χ1v) is 8.28. The van der Waals surface area contributed by atoms with E-state index in [4.69, 9.17) is 4.18 Å². The van der Waals surface area contributed by atoms with Gasteiger partial charge in [-0.3, -0.25) is 0 Å². The van der Waals surface area contributed by atoms with E-state index in [0.29, 0.717) is 5.57 Å². The van der Waals surface area contributed by atoms with E-state index in [1.807, 2.05) is 0 Å². The van der Waals surface area contributed by atoms with Crippen molar-refractivity contribution in [1.82, 2.24) is 0 Å². The first-order chi connectivity index (χ1) is 7.56. The zero-order valence-electron chi connectivity index (χ0n) is 9.91. The van der Waals surface area contributed by atoms with Crippen molar-refractivity contribution < 1.29 is 8.98 Å². The van der Waals surface area contributed by atoms with Crippen LogP contribution in [0.3, 0.4) is 0 Å². The van der Waals surface area contributed by atoms with Crippen LogP contribution < -0.4 is 0 Å². The Morgan fingerprint density at radius 1 is 1.12 bits per heavy atom. The summed E-state index contributed by atoms with van der Waals surface area (Å²) in [6.45, 7) is 5.44. The zero-order valence-corrected chi connectivity index (χ0v) is 10.7. The van der Waals surface area contributed by atoms with Crippen LogP contribution in [0.2, 0.25) is 0 Å². The lowest BCUT2D eigenvalue weighted by atomic mass is 9.76. The molecule has 0 atom stereocenters. The maximum absolute atomic E-state index is 11.7. The van der Waals surface area contributed by atoms with Crippen LogP contribution in [-0.2, 0) is 8.98 Å². The van der Waals surface area contributed by atoms with E-state index in [1.165, 1.54) is 36.5 Å². The lowest BCUT2D eigenvalue weighted by Crippen LogP contribution is -2.46. The maximum Gasteiger partial charge on any atom is 0.343 e. The lowest BCUT2D eigenvalue weighted by molar-refractivity contribution is -0.129. The molecular formula is C13H20O2S. The van der Waals surface area contributed by atoms with Gasteiger partial charge in [0.15, 0.2) is 0 Å². The summed E-state index contributed by atoms with van der Waals surface area (Å²) in [5.41, 5.74) is 0.559. The van der Waals surface area contributed by atoms with E-state index in [2.05, 4.69) is 6.58 Å². The Kier molecular flexibility index (Phi) is 2.36. The topological polar surface area (TPSA) is 26.3 Å². The fraction of sp³-hybridized carbons (Fsp3) is 0.769. The van der Waals surface area contributed by atoms with Crippen molar-refractivity contribution in [2.75, 3.05) is 17.3 Å². The van der Waals surface area contributed by atoms with Crippen LogP contribution in [0.25, 0.3) is 0 Å². The minimum Gasteiger partial charge on any atom is -0.412 e. The van der Waals surface area contributed by atoms with Gasteiger partial charge in [0, 0.05) is 22.8 Å². The fourth-order valence-electron chi connectivity index (χ4n) is 3.94. The molecule has 3 saturated heterocycles. The molecule has 0 aromatic heterocycles. The Morgan fingerprint density at radius 3 is 1.94 bits per heavy atom.